The number of pyridine rings is 1. The number of anilines is 2. The number of halogens is 1. The molecule has 0 unspecified atom stereocenters. The van der Waals surface area contributed by atoms with Crippen LogP contribution in [0.3, 0.4) is 0 Å². The van der Waals surface area contributed by atoms with Gasteiger partial charge in [-0.05, 0) is 74.6 Å². The van der Waals surface area contributed by atoms with Crippen molar-refractivity contribution in [1.29, 1.82) is 0 Å². The Labute approximate surface area is 207 Å². The molecule has 1 aromatic heterocycles. The lowest BCUT2D eigenvalue weighted by Crippen LogP contribution is -2.22. The Hall–Kier alpha value is -3.01. The molecule has 0 aliphatic heterocycles. The average Bonchev–Trinajstić information content (AvgIpc) is 2.79. The zero-order chi connectivity index (χ0) is 24.0. The van der Waals surface area contributed by atoms with Crippen LogP contribution in [-0.4, -0.2) is 43.4 Å². The smallest absolute Gasteiger partial charge is 0.269 e. The van der Waals surface area contributed by atoms with Crippen molar-refractivity contribution in [2.45, 2.75) is 4.90 Å². The molecule has 1 heterocycles. The van der Waals surface area contributed by atoms with Gasteiger partial charge in [0, 0.05) is 36.5 Å². The van der Waals surface area contributed by atoms with E-state index in [2.05, 4.69) is 38.1 Å². The fourth-order valence-electron chi connectivity index (χ4n) is 2.90. The second-order valence-corrected chi connectivity index (χ2v) is 9.50. The Morgan fingerprint density at radius 1 is 1.06 bits per heavy atom. The summed E-state index contributed by atoms with van der Waals surface area (Å²) in [6.45, 7) is 4.20. The summed E-state index contributed by atoms with van der Waals surface area (Å²) < 4.78 is 9.05. The van der Waals surface area contributed by atoms with Crippen LogP contribution in [0.1, 0.15) is 10.5 Å². The van der Waals surface area contributed by atoms with Gasteiger partial charge in [-0.25, -0.2) is 0 Å². The molecule has 9 heteroatoms. The molecule has 0 saturated carbocycles. The fourth-order valence-corrected chi connectivity index (χ4v) is 4.02. The summed E-state index contributed by atoms with van der Waals surface area (Å²) in [6.07, 6.45) is 1.55. The molecule has 0 aliphatic carbocycles. The van der Waals surface area contributed by atoms with Crippen LogP contribution in [0.25, 0.3) is 0 Å². The third kappa shape index (κ3) is 6.74. The summed E-state index contributed by atoms with van der Waals surface area (Å²) in [4.78, 5) is 18.9. The molecule has 2 N–H and O–H groups in total. The SMILES string of the molecule is C=C(Nc1ccc(Br)cc1)N(C)c1ccc(Oc2ccnc(C(=O)NC)c2)cc1SN(C)C. The van der Waals surface area contributed by atoms with Gasteiger partial charge >= 0.3 is 0 Å². The monoisotopic (exact) mass is 527 g/mol. The van der Waals surface area contributed by atoms with Crippen molar-refractivity contribution in [2.75, 3.05) is 38.4 Å². The van der Waals surface area contributed by atoms with Crippen molar-refractivity contribution in [3.05, 3.63) is 83.4 Å². The van der Waals surface area contributed by atoms with Gasteiger partial charge in [0.05, 0.1) is 10.6 Å². The number of ether oxygens (including phenoxy) is 1. The third-order valence-corrected chi connectivity index (χ3v) is 5.96. The molecule has 0 spiro atoms. The predicted octanol–water partition coefficient (Wildman–Crippen LogP) is 5.58. The Bertz CT molecular complexity index is 1140. The van der Waals surface area contributed by atoms with E-state index < -0.39 is 0 Å². The summed E-state index contributed by atoms with van der Waals surface area (Å²) in [6, 6.07) is 17.1. The molecule has 172 valence electrons. The van der Waals surface area contributed by atoms with Crippen molar-refractivity contribution in [3.8, 4) is 11.5 Å². The van der Waals surface area contributed by atoms with Crippen LogP contribution in [0.5, 0.6) is 11.5 Å². The van der Waals surface area contributed by atoms with E-state index in [1.165, 1.54) is 0 Å². The van der Waals surface area contributed by atoms with Crippen molar-refractivity contribution in [2.24, 2.45) is 0 Å². The first-order valence-corrected chi connectivity index (χ1v) is 11.6. The van der Waals surface area contributed by atoms with Crippen molar-refractivity contribution < 1.29 is 9.53 Å². The summed E-state index contributed by atoms with van der Waals surface area (Å²) in [5, 5.41) is 5.90. The molecular weight excluding hydrogens is 502 g/mol. The van der Waals surface area contributed by atoms with Crippen LogP contribution in [0.2, 0.25) is 0 Å². The van der Waals surface area contributed by atoms with Crippen molar-refractivity contribution in [1.82, 2.24) is 14.6 Å². The molecule has 7 nitrogen and oxygen atoms in total. The molecule has 1 amide bonds. The fraction of sp³-hybridized carbons (Fsp3) is 0.167. The minimum absolute atomic E-state index is 0.266. The zero-order valence-electron chi connectivity index (χ0n) is 18.9. The van der Waals surface area contributed by atoms with Crippen LogP contribution in [0.15, 0.2) is 82.6 Å². The maximum atomic E-state index is 11.9. The number of benzene rings is 2. The van der Waals surface area contributed by atoms with E-state index in [1.807, 2.05) is 72.8 Å². The summed E-state index contributed by atoms with van der Waals surface area (Å²) >= 11 is 5.03. The lowest BCUT2D eigenvalue weighted by atomic mass is 10.2. The molecule has 3 aromatic rings. The topological polar surface area (TPSA) is 69.7 Å². The minimum atomic E-state index is -0.266. The first kappa shape index (κ1) is 24.6. The minimum Gasteiger partial charge on any atom is -0.457 e. The molecule has 0 atom stereocenters. The standard InChI is InChI=1S/C24H26BrN5O2S/c1-16(28-18-8-6-17(25)7-9-18)30(5)22-11-10-19(15-23(22)33-29(3)4)32-20-12-13-27-21(14-20)24(31)26-2/h6-15,28H,1H2,2-5H3,(H,26,31). The number of hydrogen-bond acceptors (Lipinski definition) is 7. The number of hydrogen-bond donors (Lipinski definition) is 2. The molecular formula is C24H26BrN5O2S. The normalized spacial score (nSPS) is 10.6. The van der Waals surface area contributed by atoms with Gasteiger partial charge in [0.25, 0.3) is 5.91 Å². The number of nitrogens with zero attached hydrogens (tertiary/aromatic N) is 3. The molecule has 2 aromatic carbocycles. The Kier molecular flexibility index (Phi) is 8.37. The van der Waals surface area contributed by atoms with Crippen molar-refractivity contribution in [3.63, 3.8) is 0 Å². The number of rotatable bonds is 9. The van der Waals surface area contributed by atoms with E-state index in [1.54, 1.807) is 37.3 Å². The lowest BCUT2D eigenvalue weighted by molar-refractivity contribution is 0.0958. The van der Waals surface area contributed by atoms with Gasteiger partial charge in [-0.2, -0.15) is 0 Å². The lowest BCUT2D eigenvalue weighted by Gasteiger charge is -2.26. The average molecular weight is 528 g/mol. The first-order valence-electron chi connectivity index (χ1n) is 10.1. The van der Waals surface area contributed by atoms with E-state index in [4.69, 9.17) is 4.74 Å². The largest absolute Gasteiger partial charge is 0.457 e. The van der Waals surface area contributed by atoms with Gasteiger partial charge in [-0.1, -0.05) is 22.5 Å². The number of carbonyl (C=O) groups excluding carboxylic acids is 1. The second kappa shape index (κ2) is 11.2. The number of nitrogens with one attached hydrogen (secondary N) is 2. The van der Waals surface area contributed by atoms with E-state index in [0.717, 1.165) is 26.6 Å². The van der Waals surface area contributed by atoms with Crippen LogP contribution < -0.4 is 20.3 Å². The molecule has 33 heavy (non-hydrogen) atoms. The molecule has 3 rings (SSSR count). The summed E-state index contributed by atoms with van der Waals surface area (Å²) in [5.41, 5.74) is 2.21. The highest BCUT2D eigenvalue weighted by molar-refractivity contribution is 9.10. The van der Waals surface area contributed by atoms with E-state index >= 15 is 0 Å². The first-order chi connectivity index (χ1) is 15.8. The third-order valence-electron chi connectivity index (χ3n) is 4.54. The maximum absolute atomic E-state index is 11.9. The van der Waals surface area contributed by atoms with Crippen LogP contribution in [-0.2, 0) is 0 Å². The van der Waals surface area contributed by atoms with Crippen LogP contribution in [0.4, 0.5) is 11.4 Å². The van der Waals surface area contributed by atoms with Crippen LogP contribution in [0, 0.1) is 0 Å². The highest BCUT2D eigenvalue weighted by Crippen LogP contribution is 2.36. The highest BCUT2D eigenvalue weighted by atomic mass is 79.9. The van der Waals surface area contributed by atoms with Gasteiger partial charge in [-0.3, -0.25) is 14.1 Å². The van der Waals surface area contributed by atoms with Gasteiger partial charge in [0.1, 0.15) is 23.0 Å². The number of aromatic nitrogens is 1. The Balaban J connectivity index is 1.83. The maximum Gasteiger partial charge on any atom is 0.269 e. The molecule has 0 fully saturated rings. The number of carbonyl (C=O) groups is 1. The van der Waals surface area contributed by atoms with Crippen molar-refractivity contribution >= 4 is 45.2 Å². The second-order valence-electron chi connectivity index (χ2n) is 7.23. The van der Waals surface area contributed by atoms with E-state index in [-0.39, 0.29) is 5.91 Å². The Morgan fingerprint density at radius 3 is 2.42 bits per heavy atom. The van der Waals surface area contributed by atoms with Gasteiger partial charge in [0.2, 0.25) is 0 Å². The summed E-state index contributed by atoms with van der Waals surface area (Å²) in [5.74, 6) is 1.65. The zero-order valence-corrected chi connectivity index (χ0v) is 21.3. The van der Waals surface area contributed by atoms with E-state index in [9.17, 15) is 4.79 Å². The molecule has 0 radical (unpaired) electrons. The predicted molar refractivity (Wildman–Crippen MR) is 139 cm³/mol. The molecule has 0 bridgehead atoms. The number of amides is 1. The van der Waals surface area contributed by atoms with E-state index in [0.29, 0.717) is 17.2 Å². The highest BCUT2D eigenvalue weighted by Gasteiger charge is 2.15. The van der Waals surface area contributed by atoms with Crippen LogP contribution >= 0.6 is 27.9 Å². The molecule has 0 aliphatic rings. The quantitative estimate of drug-likeness (QED) is 0.351. The van der Waals surface area contributed by atoms with Gasteiger partial charge in [0.15, 0.2) is 0 Å². The van der Waals surface area contributed by atoms with Gasteiger partial charge in [-0.15, -0.1) is 0 Å². The van der Waals surface area contributed by atoms with Gasteiger partial charge < -0.3 is 20.3 Å². The molecule has 0 saturated heterocycles. The Morgan fingerprint density at radius 2 is 1.76 bits per heavy atom. The summed E-state index contributed by atoms with van der Waals surface area (Å²) in [7, 11) is 7.49.